The molecule has 0 spiro atoms. The quantitative estimate of drug-likeness (QED) is 0.541. The van der Waals surface area contributed by atoms with Crippen molar-refractivity contribution in [3.8, 4) is 0 Å². The van der Waals surface area contributed by atoms with E-state index in [9.17, 15) is 0 Å². The molecule has 0 radical (unpaired) electrons. The first-order valence-electron chi connectivity index (χ1n) is 5.56. The number of rotatable bonds is 1. The van der Waals surface area contributed by atoms with Gasteiger partial charge in [0.25, 0.3) is 0 Å². The number of fused-ring (bicyclic) bond motifs is 2. The second-order valence-corrected chi connectivity index (χ2v) is 8.10. The van der Waals surface area contributed by atoms with Gasteiger partial charge < -0.3 is 0 Å². The Morgan fingerprint density at radius 3 is 1.58 bits per heavy atom. The zero-order chi connectivity index (χ0) is 8.55. The van der Waals surface area contributed by atoms with Crippen molar-refractivity contribution < 1.29 is 0 Å². The average Bonchev–Trinajstić information content (AvgIpc) is 2.02. The van der Waals surface area contributed by atoms with E-state index < -0.39 is 0 Å². The Hall–Kier alpha value is 0.430. The van der Waals surface area contributed by atoms with Crippen LogP contribution in [0.1, 0.15) is 52.4 Å². The molecular formula is C11H21P. The molecule has 0 aromatic heterocycles. The van der Waals surface area contributed by atoms with E-state index in [1.165, 1.54) is 11.3 Å². The summed E-state index contributed by atoms with van der Waals surface area (Å²) in [6, 6.07) is 0. The SMILES string of the molecule is CC(C)P1C2CCCC1CCC2. The molecule has 2 rings (SSSR count). The van der Waals surface area contributed by atoms with Crippen LogP contribution < -0.4 is 0 Å². The van der Waals surface area contributed by atoms with Crippen LogP contribution in [0, 0.1) is 0 Å². The van der Waals surface area contributed by atoms with Crippen molar-refractivity contribution in [3.05, 3.63) is 0 Å². The first-order valence-corrected chi connectivity index (χ1v) is 7.11. The summed E-state index contributed by atoms with van der Waals surface area (Å²) in [6.45, 7) is 4.92. The molecule has 0 aliphatic carbocycles. The Morgan fingerprint density at radius 2 is 1.33 bits per heavy atom. The maximum atomic E-state index is 2.46. The van der Waals surface area contributed by atoms with Crippen molar-refractivity contribution in [2.24, 2.45) is 0 Å². The first-order chi connectivity index (χ1) is 5.79. The van der Waals surface area contributed by atoms with Gasteiger partial charge in [-0.15, -0.1) is 0 Å². The lowest BCUT2D eigenvalue weighted by Crippen LogP contribution is -2.29. The van der Waals surface area contributed by atoms with Crippen molar-refractivity contribution in [3.63, 3.8) is 0 Å². The van der Waals surface area contributed by atoms with Gasteiger partial charge in [-0.1, -0.05) is 34.6 Å². The summed E-state index contributed by atoms with van der Waals surface area (Å²) in [7, 11) is 0.431. The fourth-order valence-electron chi connectivity index (χ4n) is 3.20. The van der Waals surface area contributed by atoms with Gasteiger partial charge >= 0.3 is 0 Å². The molecule has 0 aromatic rings. The summed E-state index contributed by atoms with van der Waals surface area (Å²) >= 11 is 0. The Kier molecular flexibility index (Phi) is 2.75. The molecule has 0 atom stereocenters. The van der Waals surface area contributed by atoms with Gasteiger partial charge in [0.1, 0.15) is 0 Å². The summed E-state index contributed by atoms with van der Waals surface area (Å²) < 4.78 is 0. The summed E-state index contributed by atoms with van der Waals surface area (Å²) in [5, 5.41) is 0. The predicted molar refractivity (Wildman–Crippen MR) is 57.3 cm³/mol. The van der Waals surface area contributed by atoms with E-state index >= 15 is 0 Å². The Bertz CT molecular complexity index is 131. The molecule has 0 aromatic carbocycles. The third-order valence-electron chi connectivity index (χ3n) is 3.59. The molecule has 2 bridgehead atoms. The van der Waals surface area contributed by atoms with E-state index in [1.54, 1.807) is 38.5 Å². The maximum Gasteiger partial charge on any atom is -0.0204 e. The monoisotopic (exact) mass is 184 g/mol. The van der Waals surface area contributed by atoms with Gasteiger partial charge in [0, 0.05) is 0 Å². The third kappa shape index (κ3) is 1.55. The first kappa shape index (κ1) is 9.00. The summed E-state index contributed by atoms with van der Waals surface area (Å²) in [5.41, 5.74) is 3.36. The molecule has 1 heteroatoms. The largest absolute Gasteiger partial charge is 0.0977 e. The molecule has 2 saturated heterocycles. The van der Waals surface area contributed by atoms with Gasteiger partial charge in [-0.25, -0.2) is 0 Å². The lowest BCUT2D eigenvalue weighted by Gasteiger charge is -2.45. The van der Waals surface area contributed by atoms with Crippen molar-refractivity contribution >= 4 is 7.92 Å². The fraction of sp³-hybridized carbons (Fsp3) is 1.00. The van der Waals surface area contributed by atoms with Crippen molar-refractivity contribution in [1.29, 1.82) is 0 Å². The van der Waals surface area contributed by atoms with Crippen LogP contribution in [0.4, 0.5) is 0 Å². The van der Waals surface area contributed by atoms with E-state index in [0.29, 0.717) is 7.92 Å². The lowest BCUT2D eigenvalue weighted by atomic mass is 9.99. The fourth-order valence-corrected chi connectivity index (χ4v) is 7.41. The van der Waals surface area contributed by atoms with Crippen LogP contribution in [0.2, 0.25) is 0 Å². The van der Waals surface area contributed by atoms with Crippen molar-refractivity contribution in [2.75, 3.05) is 0 Å². The molecule has 2 aliphatic rings. The molecule has 0 unspecified atom stereocenters. The molecule has 0 N–H and O–H groups in total. The molecule has 2 heterocycles. The average molecular weight is 184 g/mol. The van der Waals surface area contributed by atoms with Crippen LogP contribution in [0.25, 0.3) is 0 Å². The molecule has 0 amide bonds. The Balaban J connectivity index is 2.08. The predicted octanol–water partition coefficient (Wildman–Crippen LogP) is 3.98. The van der Waals surface area contributed by atoms with Gasteiger partial charge in [0.2, 0.25) is 0 Å². The smallest absolute Gasteiger partial charge is 0.0204 e. The van der Waals surface area contributed by atoms with Crippen LogP contribution >= 0.6 is 7.92 Å². The van der Waals surface area contributed by atoms with E-state index in [4.69, 9.17) is 0 Å². The Morgan fingerprint density at radius 1 is 0.917 bits per heavy atom. The van der Waals surface area contributed by atoms with Gasteiger partial charge in [0.15, 0.2) is 0 Å². The summed E-state index contributed by atoms with van der Waals surface area (Å²) in [6.07, 6.45) is 9.36. The highest BCUT2D eigenvalue weighted by Gasteiger charge is 2.36. The van der Waals surface area contributed by atoms with Gasteiger partial charge in [0.05, 0.1) is 0 Å². The van der Waals surface area contributed by atoms with Gasteiger partial charge in [-0.05, 0) is 42.7 Å². The zero-order valence-corrected chi connectivity index (χ0v) is 9.32. The molecule has 2 fully saturated rings. The van der Waals surface area contributed by atoms with Crippen LogP contribution in [0.3, 0.4) is 0 Å². The minimum absolute atomic E-state index is 0.431. The highest BCUT2D eigenvalue weighted by molar-refractivity contribution is 7.60. The van der Waals surface area contributed by atoms with E-state index in [2.05, 4.69) is 13.8 Å². The van der Waals surface area contributed by atoms with Crippen molar-refractivity contribution in [1.82, 2.24) is 0 Å². The van der Waals surface area contributed by atoms with Crippen LogP contribution in [-0.2, 0) is 0 Å². The lowest BCUT2D eigenvalue weighted by molar-refractivity contribution is 0.472. The topological polar surface area (TPSA) is 0 Å². The maximum absolute atomic E-state index is 2.46. The molecule has 0 saturated carbocycles. The third-order valence-corrected chi connectivity index (χ3v) is 7.50. The highest BCUT2D eigenvalue weighted by Crippen LogP contribution is 2.61. The molecular weight excluding hydrogens is 163 g/mol. The summed E-state index contributed by atoms with van der Waals surface area (Å²) in [5.74, 6) is 0. The molecule has 12 heavy (non-hydrogen) atoms. The van der Waals surface area contributed by atoms with E-state index in [0.717, 1.165) is 5.66 Å². The van der Waals surface area contributed by atoms with E-state index in [-0.39, 0.29) is 0 Å². The minimum Gasteiger partial charge on any atom is -0.0977 e. The molecule has 2 aliphatic heterocycles. The van der Waals surface area contributed by atoms with Crippen LogP contribution in [0.15, 0.2) is 0 Å². The van der Waals surface area contributed by atoms with Gasteiger partial charge in [-0.2, -0.15) is 0 Å². The standard InChI is InChI=1S/C11H21P/c1-9(2)12-10-5-3-6-11(12)8-4-7-10/h9-11H,3-8H2,1-2H3. The van der Waals surface area contributed by atoms with E-state index in [1.807, 2.05) is 0 Å². The number of hydrogen-bond donors (Lipinski definition) is 0. The summed E-state index contributed by atoms with van der Waals surface area (Å²) in [4.78, 5) is 0. The zero-order valence-electron chi connectivity index (χ0n) is 8.42. The minimum atomic E-state index is 0.431. The molecule has 0 nitrogen and oxygen atoms in total. The van der Waals surface area contributed by atoms with Crippen LogP contribution in [0.5, 0.6) is 0 Å². The van der Waals surface area contributed by atoms with Crippen LogP contribution in [-0.4, -0.2) is 17.0 Å². The highest BCUT2D eigenvalue weighted by atomic mass is 31.1. The molecule has 70 valence electrons. The van der Waals surface area contributed by atoms with Gasteiger partial charge in [-0.3, -0.25) is 0 Å². The normalized spacial score (nSPS) is 41.8. The second kappa shape index (κ2) is 3.66. The second-order valence-electron chi connectivity index (χ2n) is 4.71. The van der Waals surface area contributed by atoms with Crippen molar-refractivity contribution in [2.45, 2.75) is 69.3 Å². The number of hydrogen-bond acceptors (Lipinski definition) is 0. The Labute approximate surface area is 77.9 Å².